The van der Waals surface area contributed by atoms with E-state index in [1.165, 1.54) is 4.90 Å². The number of fused-ring (bicyclic) bond motifs is 1. The van der Waals surface area contributed by atoms with E-state index in [9.17, 15) is 9.59 Å². The Bertz CT molecular complexity index is 680. The highest BCUT2D eigenvalue weighted by Crippen LogP contribution is 2.24. The molecule has 1 aliphatic heterocycles. The van der Waals surface area contributed by atoms with Crippen molar-refractivity contribution in [2.45, 2.75) is 11.3 Å². The standard InChI is InChI=1S/C17H14ClNO2S/c18-12-6-8-13(9-7-12)22-11-3-10-19-16(20)14-4-1-2-5-15(14)17(19)21/h1-2,4-9H,3,10-11H2. The van der Waals surface area contributed by atoms with E-state index in [0.717, 1.165) is 22.1 Å². The van der Waals surface area contributed by atoms with Crippen LogP contribution in [0.1, 0.15) is 27.1 Å². The van der Waals surface area contributed by atoms with Gasteiger partial charge in [0.1, 0.15) is 0 Å². The van der Waals surface area contributed by atoms with Crippen molar-refractivity contribution in [3.8, 4) is 0 Å². The van der Waals surface area contributed by atoms with Gasteiger partial charge in [-0.15, -0.1) is 11.8 Å². The van der Waals surface area contributed by atoms with E-state index in [1.54, 1.807) is 36.0 Å². The predicted molar refractivity (Wildman–Crippen MR) is 88.6 cm³/mol. The fourth-order valence-corrected chi connectivity index (χ4v) is 3.35. The molecular formula is C17H14ClNO2S. The van der Waals surface area contributed by atoms with Crippen molar-refractivity contribution in [1.82, 2.24) is 4.90 Å². The van der Waals surface area contributed by atoms with Crippen LogP contribution in [0.3, 0.4) is 0 Å². The fourth-order valence-electron chi connectivity index (χ4n) is 2.39. The Balaban J connectivity index is 1.54. The van der Waals surface area contributed by atoms with Crippen molar-refractivity contribution in [1.29, 1.82) is 0 Å². The summed E-state index contributed by atoms with van der Waals surface area (Å²) in [4.78, 5) is 26.9. The Morgan fingerprint density at radius 2 is 1.50 bits per heavy atom. The van der Waals surface area contributed by atoms with Gasteiger partial charge in [0.15, 0.2) is 0 Å². The Labute approximate surface area is 138 Å². The van der Waals surface area contributed by atoms with E-state index in [1.807, 2.05) is 24.3 Å². The first-order valence-electron chi connectivity index (χ1n) is 7.00. The van der Waals surface area contributed by atoms with Gasteiger partial charge in [0.2, 0.25) is 0 Å². The highest BCUT2D eigenvalue weighted by Gasteiger charge is 2.34. The largest absolute Gasteiger partial charge is 0.274 e. The lowest BCUT2D eigenvalue weighted by atomic mass is 10.1. The molecule has 2 aromatic carbocycles. The van der Waals surface area contributed by atoms with Crippen molar-refractivity contribution >= 4 is 35.2 Å². The van der Waals surface area contributed by atoms with E-state index >= 15 is 0 Å². The molecule has 22 heavy (non-hydrogen) atoms. The van der Waals surface area contributed by atoms with Crippen molar-refractivity contribution in [2.24, 2.45) is 0 Å². The van der Waals surface area contributed by atoms with Gasteiger partial charge >= 0.3 is 0 Å². The van der Waals surface area contributed by atoms with Gasteiger partial charge in [-0.05, 0) is 48.6 Å². The molecule has 0 N–H and O–H groups in total. The van der Waals surface area contributed by atoms with Gasteiger partial charge in [0.05, 0.1) is 11.1 Å². The number of carbonyl (C=O) groups is 2. The molecule has 2 aromatic rings. The molecule has 0 atom stereocenters. The number of nitrogens with zero attached hydrogens (tertiary/aromatic N) is 1. The second kappa shape index (κ2) is 6.55. The van der Waals surface area contributed by atoms with E-state index in [4.69, 9.17) is 11.6 Å². The molecule has 3 rings (SSSR count). The molecule has 0 bridgehead atoms. The normalized spacial score (nSPS) is 13.6. The monoisotopic (exact) mass is 331 g/mol. The zero-order chi connectivity index (χ0) is 15.5. The number of benzene rings is 2. The summed E-state index contributed by atoms with van der Waals surface area (Å²) in [6.45, 7) is 0.451. The van der Waals surface area contributed by atoms with Crippen molar-refractivity contribution in [3.63, 3.8) is 0 Å². The topological polar surface area (TPSA) is 37.4 Å². The van der Waals surface area contributed by atoms with Crippen molar-refractivity contribution in [2.75, 3.05) is 12.3 Å². The highest BCUT2D eigenvalue weighted by atomic mass is 35.5. The summed E-state index contributed by atoms with van der Waals surface area (Å²) in [6.07, 6.45) is 0.763. The fraction of sp³-hybridized carbons (Fsp3) is 0.176. The summed E-state index contributed by atoms with van der Waals surface area (Å²) >= 11 is 7.54. The minimum absolute atomic E-state index is 0.183. The van der Waals surface area contributed by atoms with Crippen LogP contribution >= 0.6 is 23.4 Å². The SMILES string of the molecule is O=C1c2ccccc2C(=O)N1CCCSc1ccc(Cl)cc1. The lowest BCUT2D eigenvalue weighted by molar-refractivity contribution is 0.0655. The number of hydrogen-bond donors (Lipinski definition) is 0. The first-order valence-corrected chi connectivity index (χ1v) is 8.37. The van der Waals surface area contributed by atoms with Crippen LogP contribution in [0.15, 0.2) is 53.4 Å². The smallest absolute Gasteiger partial charge is 0.261 e. The molecule has 0 spiro atoms. The van der Waals surface area contributed by atoms with Crippen molar-refractivity contribution in [3.05, 3.63) is 64.7 Å². The summed E-state index contributed by atoms with van der Waals surface area (Å²) in [6, 6.07) is 14.6. The zero-order valence-corrected chi connectivity index (χ0v) is 13.4. The van der Waals surface area contributed by atoms with Gasteiger partial charge < -0.3 is 0 Å². The van der Waals surface area contributed by atoms with Crippen LogP contribution in [0.2, 0.25) is 5.02 Å². The first-order chi connectivity index (χ1) is 10.7. The molecule has 0 fully saturated rings. The minimum atomic E-state index is -0.183. The van der Waals surface area contributed by atoms with E-state index in [-0.39, 0.29) is 11.8 Å². The Hall–Kier alpha value is -1.78. The van der Waals surface area contributed by atoms with Gasteiger partial charge in [-0.3, -0.25) is 14.5 Å². The molecule has 0 saturated heterocycles. The molecule has 5 heteroatoms. The molecule has 1 aliphatic rings. The Kier molecular flexibility index (Phi) is 4.50. The van der Waals surface area contributed by atoms with Gasteiger partial charge in [-0.25, -0.2) is 0 Å². The molecule has 2 amide bonds. The second-order valence-electron chi connectivity index (χ2n) is 4.96. The number of carbonyl (C=O) groups excluding carboxylic acids is 2. The number of hydrogen-bond acceptors (Lipinski definition) is 3. The summed E-state index contributed by atoms with van der Waals surface area (Å²) < 4.78 is 0. The summed E-state index contributed by atoms with van der Waals surface area (Å²) in [5, 5.41) is 0.718. The molecule has 1 heterocycles. The lowest BCUT2D eigenvalue weighted by Gasteiger charge is -2.13. The van der Waals surface area contributed by atoms with E-state index in [2.05, 4.69) is 0 Å². The second-order valence-corrected chi connectivity index (χ2v) is 6.57. The summed E-state index contributed by atoms with van der Waals surface area (Å²) in [7, 11) is 0. The molecule has 0 radical (unpaired) electrons. The molecule has 3 nitrogen and oxygen atoms in total. The third-order valence-electron chi connectivity index (χ3n) is 3.49. The maximum atomic E-state index is 12.2. The molecule has 0 saturated carbocycles. The number of rotatable bonds is 5. The average Bonchev–Trinajstić information content (AvgIpc) is 2.78. The molecule has 0 aliphatic carbocycles. The maximum Gasteiger partial charge on any atom is 0.261 e. The highest BCUT2D eigenvalue weighted by molar-refractivity contribution is 7.99. The number of thioether (sulfide) groups is 1. The van der Waals surface area contributed by atoms with Crippen LogP contribution in [-0.4, -0.2) is 29.0 Å². The van der Waals surface area contributed by atoms with Crippen LogP contribution in [-0.2, 0) is 0 Å². The maximum absolute atomic E-state index is 12.2. The molecule has 112 valence electrons. The average molecular weight is 332 g/mol. The molecule has 0 unspecified atom stereocenters. The van der Waals surface area contributed by atoms with Crippen LogP contribution in [0.25, 0.3) is 0 Å². The quantitative estimate of drug-likeness (QED) is 0.470. The summed E-state index contributed by atoms with van der Waals surface area (Å²) in [5.74, 6) is 0.476. The van der Waals surface area contributed by atoms with Gasteiger partial charge in [0, 0.05) is 16.5 Å². The third kappa shape index (κ3) is 3.03. The third-order valence-corrected chi connectivity index (χ3v) is 4.84. The Morgan fingerprint density at radius 1 is 0.909 bits per heavy atom. The van der Waals surface area contributed by atoms with Crippen LogP contribution in [0.4, 0.5) is 0 Å². The van der Waals surface area contributed by atoms with Crippen LogP contribution < -0.4 is 0 Å². The van der Waals surface area contributed by atoms with Crippen molar-refractivity contribution < 1.29 is 9.59 Å². The number of amides is 2. The number of imide groups is 1. The van der Waals surface area contributed by atoms with Gasteiger partial charge in [0.25, 0.3) is 11.8 Å². The number of halogens is 1. The van der Waals surface area contributed by atoms with E-state index < -0.39 is 0 Å². The first kappa shape index (κ1) is 15.1. The van der Waals surface area contributed by atoms with Crippen LogP contribution in [0.5, 0.6) is 0 Å². The molecule has 0 aromatic heterocycles. The van der Waals surface area contributed by atoms with Gasteiger partial charge in [-0.1, -0.05) is 23.7 Å². The van der Waals surface area contributed by atoms with E-state index in [0.29, 0.717) is 17.7 Å². The van der Waals surface area contributed by atoms with Crippen LogP contribution in [0, 0.1) is 0 Å². The zero-order valence-electron chi connectivity index (χ0n) is 11.8. The summed E-state index contributed by atoms with van der Waals surface area (Å²) in [5.41, 5.74) is 1.02. The predicted octanol–water partition coefficient (Wildman–Crippen LogP) is 4.12. The molecular weight excluding hydrogens is 318 g/mol. The Morgan fingerprint density at radius 3 is 2.09 bits per heavy atom. The lowest BCUT2D eigenvalue weighted by Crippen LogP contribution is -2.30. The van der Waals surface area contributed by atoms with Gasteiger partial charge in [-0.2, -0.15) is 0 Å². The minimum Gasteiger partial charge on any atom is -0.274 e.